The summed E-state index contributed by atoms with van der Waals surface area (Å²) in [5.41, 5.74) is -1.17. The van der Waals surface area contributed by atoms with Crippen LogP contribution in [0.2, 0.25) is 0 Å². The molecular formula is C10H23KO2. The molecule has 0 radical (unpaired) electrons. The van der Waals surface area contributed by atoms with Crippen LogP contribution in [-0.2, 0) is 0 Å². The van der Waals surface area contributed by atoms with Crippen LogP contribution in [0.4, 0.5) is 0 Å². The molecule has 0 aromatic heterocycles. The van der Waals surface area contributed by atoms with Gasteiger partial charge in [0.05, 0.1) is 5.60 Å². The zero-order valence-corrected chi connectivity index (χ0v) is 13.4. The third-order valence-electron chi connectivity index (χ3n) is 1.72. The fourth-order valence-electron chi connectivity index (χ4n) is 0. The van der Waals surface area contributed by atoms with Gasteiger partial charge in [0.25, 0.3) is 0 Å². The van der Waals surface area contributed by atoms with Crippen LogP contribution in [0.1, 0.15) is 54.4 Å². The second-order valence-corrected chi connectivity index (χ2v) is 4.28. The van der Waals surface area contributed by atoms with Gasteiger partial charge in [-0.25, -0.2) is 0 Å². The number of aliphatic hydroxyl groups is 1. The van der Waals surface area contributed by atoms with Crippen LogP contribution in [0.3, 0.4) is 0 Å². The Labute approximate surface area is 126 Å². The summed E-state index contributed by atoms with van der Waals surface area (Å²) in [6.07, 6.45) is 1.54. The fraction of sp³-hybridized carbons (Fsp3) is 1.00. The van der Waals surface area contributed by atoms with Crippen LogP contribution in [0.5, 0.6) is 0 Å². The van der Waals surface area contributed by atoms with E-state index in [4.69, 9.17) is 5.11 Å². The van der Waals surface area contributed by atoms with E-state index in [1.54, 1.807) is 27.7 Å². The fourth-order valence-corrected chi connectivity index (χ4v) is 0. The molecule has 0 atom stereocenters. The van der Waals surface area contributed by atoms with Crippen molar-refractivity contribution in [2.24, 2.45) is 0 Å². The quantitative estimate of drug-likeness (QED) is 0.581. The van der Waals surface area contributed by atoms with Gasteiger partial charge >= 0.3 is 51.4 Å². The molecule has 0 spiro atoms. The first-order valence-electron chi connectivity index (χ1n) is 4.55. The Hall–Kier alpha value is 1.56. The molecule has 0 rings (SSSR count). The van der Waals surface area contributed by atoms with Crippen molar-refractivity contribution in [3.63, 3.8) is 0 Å². The SMILES string of the molecule is CCC(C)(C)O.CCC(C)(C)[O-].[K+]. The van der Waals surface area contributed by atoms with Gasteiger partial charge in [0.15, 0.2) is 0 Å². The summed E-state index contributed by atoms with van der Waals surface area (Å²) in [6, 6.07) is 0. The number of rotatable bonds is 2. The van der Waals surface area contributed by atoms with Crippen molar-refractivity contribution in [1.29, 1.82) is 0 Å². The minimum absolute atomic E-state index is 0. The van der Waals surface area contributed by atoms with Crippen molar-refractivity contribution in [2.45, 2.75) is 65.6 Å². The first-order chi connectivity index (χ1) is 5.12. The monoisotopic (exact) mass is 214 g/mol. The van der Waals surface area contributed by atoms with Crippen molar-refractivity contribution >= 4 is 0 Å². The van der Waals surface area contributed by atoms with Crippen molar-refractivity contribution in [3.05, 3.63) is 0 Å². The third-order valence-corrected chi connectivity index (χ3v) is 1.72. The van der Waals surface area contributed by atoms with E-state index in [-0.39, 0.29) is 51.4 Å². The molecular weight excluding hydrogens is 191 g/mol. The molecule has 0 saturated carbocycles. The van der Waals surface area contributed by atoms with E-state index in [0.29, 0.717) is 6.42 Å². The maximum atomic E-state index is 10.5. The molecule has 0 bridgehead atoms. The Bertz CT molecular complexity index is 86.5. The first-order valence-corrected chi connectivity index (χ1v) is 4.55. The van der Waals surface area contributed by atoms with Crippen LogP contribution < -0.4 is 56.5 Å². The molecule has 0 aromatic carbocycles. The Morgan fingerprint density at radius 1 is 1.00 bits per heavy atom. The van der Waals surface area contributed by atoms with Crippen LogP contribution in [-0.4, -0.2) is 16.3 Å². The molecule has 0 aromatic rings. The Morgan fingerprint density at radius 3 is 1.15 bits per heavy atom. The minimum Gasteiger partial charge on any atom is -0.850 e. The van der Waals surface area contributed by atoms with E-state index in [9.17, 15) is 5.11 Å². The summed E-state index contributed by atoms with van der Waals surface area (Å²) in [6.45, 7) is 10.8. The number of hydrogen-bond acceptors (Lipinski definition) is 2. The van der Waals surface area contributed by atoms with Gasteiger partial charge in [0, 0.05) is 0 Å². The maximum Gasteiger partial charge on any atom is 1.00 e. The van der Waals surface area contributed by atoms with Crippen LogP contribution >= 0.6 is 0 Å². The van der Waals surface area contributed by atoms with Gasteiger partial charge in [-0.05, 0) is 20.3 Å². The second kappa shape index (κ2) is 8.83. The third kappa shape index (κ3) is 31.7. The predicted molar refractivity (Wildman–Crippen MR) is 51.0 cm³/mol. The summed E-state index contributed by atoms with van der Waals surface area (Å²) in [5, 5.41) is 19.3. The maximum absolute atomic E-state index is 10.5. The average Bonchev–Trinajstić information content (AvgIpc) is 1.86. The van der Waals surface area contributed by atoms with Crippen molar-refractivity contribution in [1.82, 2.24) is 0 Å². The minimum atomic E-state index is -0.708. The molecule has 0 aliphatic carbocycles. The van der Waals surface area contributed by atoms with Crippen LogP contribution in [0, 0.1) is 0 Å². The molecule has 0 saturated heterocycles. The van der Waals surface area contributed by atoms with Gasteiger partial charge in [0.1, 0.15) is 0 Å². The molecule has 0 heterocycles. The van der Waals surface area contributed by atoms with E-state index in [1.165, 1.54) is 0 Å². The zero-order valence-electron chi connectivity index (χ0n) is 10.3. The van der Waals surface area contributed by atoms with E-state index >= 15 is 0 Å². The van der Waals surface area contributed by atoms with Crippen molar-refractivity contribution in [2.75, 3.05) is 0 Å². The zero-order chi connectivity index (χ0) is 10.4. The van der Waals surface area contributed by atoms with E-state index in [2.05, 4.69) is 0 Å². The topological polar surface area (TPSA) is 43.3 Å². The Balaban J connectivity index is -0.000000143. The predicted octanol–water partition coefficient (Wildman–Crippen LogP) is -1.29. The normalized spacial score (nSPS) is 11.1. The average molecular weight is 214 g/mol. The molecule has 0 aliphatic heterocycles. The smallest absolute Gasteiger partial charge is 0.850 e. The molecule has 1 N–H and O–H groups in total. The summed E-state index contributed by atoms with van der Waals surface area (Å²) < 4.78 is 0. The molecule has 3 heteroatoms. The van der Waals surface area contributed by atoms with Gasteiger partial charge in [-0.3, -0.25) is 0 Å². The summed E-state index contributed by atoms with van der Waals surface area (Å²) >= 11 is 0. The van der Waals surface area contributed by atoms with Gasteiger partial charge < -0.3 is 10.2 Å². The van der Waals surface area contributed by atoms with E-state index in [0.717, 1.165) is 6.42 Å². The van der Waals surface area contributed by atoms with Gasteiger partial charge in [-0.15, -0.1) is 5.60 Å². The molecule has 2 nitrogen and oxygen atoms in total. The summed E-state index contributed by atoms with van der Waals surface area (Å²) in [5.74, 6) is 0. The van der Waals surface area contributed by atoms with Crippen LogP contribution in [0.25, 0.3) is 0 Å². The van der Waals surface area contributed by atoms with Gasteiger partial charge in [0.2, 0.25) is 0 Å². The number of hydrogen-bond donors (Lipinski definition) is 1. The first kappa shape index (κ1) is 20.0. The molecule has 76 valence electrons. The van der Waals surface area contributed by atoms with E-state index in [1.807, 2.05) is 13.8 Å². The largest absolute Gasteiger partial charge is 1.00 e. The van der Waals surface area contributed by atoms with Crippen molar-refractivity contribution in [3.8, 4) is 0 Å². The van der Waals surface area contributed by atoms with Crippen molar-refractivity contribution < 1.29 is 61.6 Å². The summed E-state index contributed by atoms with van der Waals surface area (Å²) in [4.78, 5) is 0. The Kier molecular flexibility index (Phi) is 13.6. The van der Waals surface area contributed by atoms with Gasteiger partial charge in [-0.1, -0.05) is 34.1 Å². The molecule has 0 unspecified atom stereocenters. The summed E-state index contributed by atoms with van der Waals surface area (Å²) in [7, 11) is 0. The standard InChI is InChI=1S/C5H12O.C5H11O.K/c2*1-4-5(2,3)6;/h6H,4H2,1-3H3;4H2,1-3H3;/q;-1;+1. The second-order valence-electron chi connectivity index (χ2n) is 4.28. The van der Waals surface area contributed by atoms with Crippen LogP contribution in [0.15, 0.2) is 0 Å². The molecule has 0 amide bonds. The molecule has 13 heavy (non-hydrogen) atoms. The Morgan fingerprint density at radius 2 is 1.15 bits per heavy atom. The molecule has 0 aliphatic rings. The van der Waals surface area contributed by atoms with E-state index < -0.39 is 11.2 Å². The van der Waals surface area contributed by atoms with Gasteiger partial charge in [-0.2, -0.15) is 0 Å². The molecule has 0 fully saturated rings.